The molecular weight excluding hydrogens is 338 g/mol. The topological polar surface area (TPSA) is 53.3 Å². The van der Waals surface area contributed by atoms with Gasteiger partial charge in [-0.25, -0.2) is 0 Å². The zero-order valence-electron chi connectivity index (χ0n) is 16.6. The summed E-state index contributed by atoms with van der Waals surface area (Å²) in [5.41, 5.74) is 2.62. The van der Waals surface area contributed by atoms with E-state index in [0.29, 0.717) is 6.54 Å². The number of unbranched alkanes of at least 4 members (excludes halogenated alkanes) is 1. The molecule has 3 rings (SSSR count). The Balaban J connectivity index is 2.06. The van der Waals surface area contributed by atoms with Gasteiger partial charge in [0.1, 0.15) is 0 Å². The Morgan fingerprint density at radius 3 is 2.56 bits per heavy atom. The molecule has 1 aromatic heterocycles. The van der Waals surface area contributed by atoms with Crippen LogP contribution in [0.3, 0.4) is 0 Å². The highest BCUT2D eigenvalue weighted by Crippen LogP contribution is 2.32. The predicted molar refractivity (Wildman–Crippen MR) is 105 cm³/mol. The molecule has 1 aliphatic heterocycles. The van der Waals surface area contributed by atoms with E-state index < -0.39 is 5.54 Å². The number of amides is 2. The van der Waals surface area contributed by atoms with Crippen molar-refractivity contribution < 1.29 is 14.2 Å². The van der Waals surface area contributed by atoms with Crippen LogP contribution in [-0.2, 0) is 21.7 Å². The maximum atomic E-state index is 13.6. The minimum Gasteiger partial charge on any atom is -0.323 e. The molecule has 0 saturated heterocycles. The number of nitrogens with zero attached hydrogens (tertiary/aromatic N) is 2. The van der Waals surface area contributed by atoms with Crippen molar-refractivity contribution in [1.29, 1.82) is 0 Å². The molecule has 2 heterocycles. The first-order valence-corrected chi connectivity index (χ1v) is 9.56. The molecular formula is C22H28N3O2+. The highest BCUT2D eigenvalue weighted by atomic mass is 16.2. The van der Waals surface area contributed by atoms with Gasteiger partial charge < -0.3 is 10.2 Å². The summed E-state index contributed by atoms with van der Waals surface area (Å²) >= 11 is 0. The van der Waals surface area contributed by atoms with E-state index >= 15 is 0 Å². The van der Waals surface area contributed by atoms with Crippen molar-refractivity contribution in [3.8, 4) is 0 Å². The molecule has 1 aliphatic rings. The van der Waals surface area contributed by atoms with Gasteiger partial charge in [-0.3, -0.25) is 9.59 Å². The second-order valence-electron chi connectivity index (χ2n) is 7.41. The standard InChI is InChI=1S/C22H27N3O2/c1-5-6-14-25-19(26)15-24-13-8-7-12-18(24)22(25,4)21(27)23-20-16(2)10-9-11-17(20)3/h7-13H,5-6,14-15H2,1-4H3/p+1. The number of hydrogen-bond donors (Lipinski definition) is 1. The van der Waals surface area contributed by atoms with Crippen LogP contribution in [0.5, 0.6) is 0 Å². The molecule has 0 fully saturated rings. The van der Waals surface area contributed by atoms with Crippen molar-refractivity contribution in [3.05, 3.63) is 59.4 Å². The molecule has 0 aliphatic carbocycles. The third-order valence-corrected chi connectivity index (χ3v) is 5.48. The Bertz CT molecular complexity index is 857. The van der Waals surface area contributed by atoms with Gasteiger partial charge in [-0.1, -0.05) is 37.6 Å². The molecule has 1 unspecified atom stereocenters. The molecule has 0 bridgehead atoms. The summed E-state index contributed by atoms with van der Waals surface area (Å²) in [6, 6.07) is 11.7. The Hall–Kier alpha value is -2.69. The summed E-state index contributed by atoms with van der Waals surface area (Å²) in [5, 5.41) is 3.11. The zero-order chi connectivity index (χ0) is 19.6. The maximum Gasteiger partial charge on any atom is 0.289 e. The van der Waals surface area contributed by atoms with Gasteiger partial charge in [0.05, 0.1) is 0 Å². The van der Waals surface area contributed by atoms with E-state index in [1.165, 1.54) is 0 Å². The number of rotatable bonds is 5. The molecule has 2 amide bonds. The predicted octanol–water partition coefficient (Wildman–Crippen LogP) is 3.09. The number of aryl methyl sites for hydroxylation is 2. The molecule has 142 valence electrons. The molecule has 0 spiro atoms. The zero-order valence-corrected chi connectivity index (χ0v) is 16.6. The van der Waals surface area contributed by atoms with Crippen LogP contribution in [0, 0.1) is 13.8 Å². The number of aromatic nitrogens is 1. The largest absolute Gasteiger partial charge is 0.323 e. The summed E-state index contributed by atoms with van der Waals surface area (Å²) in [4.78, 5) is 28.2. The molecule has 0 saturated carbocycles. The van der Waals surface area contributed by atoms with E-state index in [9.17, 15) is 9.59 Å². The highest BCUT2D eigenvalue weighted by molar-refractivity contribution is 6.01. The first-order chi connectivity index (χ1) is 12.9. The smallest absolute Gasteiger partial charge is 0.289 e. The molecule has 27 heavy (non-hydrogen) atoms. The maximum absolute atomic E-state index is 13.6. The second kappa shape index (κ2) is 7.51. The fourth-order valence-corrected chi connectivity index (χ4v) is 3.83. The number of carbonyl (C=O) groups excluding carboxylic acids is 2. The van der Waals surface area contributed by atoms with E-state index in [0.717, 1.165) is 35.3 Å². The van der Waals surface area contributed by atoms with E-state index in [1.807, 2.05) is 67.9 Å². The lowest BCUT2D eigenvalue weighted by Gasteiger charge is -2.40. The Kier molecular flexibility index (Phi) is 5.31. The lowest BCUT2D eigenvalue weighted by atomic mass is 9.89. The number of nitrogens with one attached hydrogen (secondary N) is 1. The number of hydrogen-bond acceptors (Lipinski definition) is 2. The van der Waals surface area contributed by atoms with Crippen molar-refractivity contribution in [1.82, 2.24) is 4.90 Å². The summed E-state index contributed by atoms with van der Waals surface area (Å²) in [5.74, 6) is -0.199. The molecule has 1 atom stereocenters. The van der Waals surface area contributed by atoms with E-state index in [1.54, 1.807) is 4.90 Å². The first kappa shape index (κ1) is 19.1. The lowest BCUT2D eigenvalue weighted by molar-refractivity contribution is -0.701. The SMILES string of the molecule is CCCCN1C(=O)C[n+]2ccccc2C1(C)C(=O)Nc1c(C)cccc1C. The minimum absolute atomic E-state index is 0.0219. The van der Waals surface area contributed by atoms with Crippen LogP contribution in [0.4, 0.5) is 5.69 Å². The Morgan fingerprint density at radius 1 is 1.19 bits per heavy atom. The lowest BCUT2D eigenvalue weighted by Crippen LogP contribution is -2.67. The van der Waals surface area contributed by atoms with Gasteiger partial charge in [-0.05, 0) is 38.3 Å². The summed E-state index contributed by atoms with van der Waals surface area (Å²) in [6.07, 6.45) is 3.70. The van der Waals surface area contributed by atoms with E-state index in [-0.39, 0.29) is 18.4 Å². The third kappa shape index (κ3) is 3.34. The summed E-state index contributed by atoms with van der Waals surface area (Å²) < 4.78 is 1.88. The van der Waals surface area contributed by atoms with Crippen molar-refractivity contribution >= 4 is 17.5 Å². The van der Waals surface area contributed by atoms with E-state index in [2.05, 4.69) is 12.2 Å². The van der Waals surface area contributed by atoms with Crippen LogP contribution in [0.2, 0.25) is 0 Å². The molecule has 2 aromatic rings. The highest BCUT2D eigenvalue weighted by Gasteiger charge is 2.53. The van der Waals surface area contributed by atoms with Gasteiger partial charge in [0.15, 0.2) is 6.20 Å². The van der Waals surface area contributed by atoms with E-state index in [4.69, 9.17) is 0 Å². The minimum atomic E-state index is -1.06. The van der Waals surface area contributed by atoms with Gasteiger partial charge in [-0.2, -0.15) is 4.57 Å². The Morgan fingerprint density at radius 2 is 1.89 bits per heavy atom. The van der Waals surface area contributed by atoms with Crippen LogP contribution >= 0.6 is 0 Å². The molecule has 5 heteroatoms. The third-order valence-electron chi connectivity index (χ3n) is 5.48. The van der Waals surface area contributed by atoms with Crippen molar-refractivity contribution in [2.45, 2.75) is 52.6 Å². The van der Waals surface area contributed by atoms with Gasteiger partial charge in [0, 0.05) is 24.4 Å². The average molecular weight is 366 g/mol. The van der Waals surface area contributed by atoms with Crippen molar-refractivity contribution in [2.24, 2.45) is 0 Å². The quantitative estimate of drug-likeness (QED) is 0.827. The van der Waals surface area contributed by atoms with Crippen LogP contribution in [0.25, 0.3) is 0 Å². The first-order valence-electron chi connectivity index (χ1n) is 9.56. The number of anilines is 1. The second-order valence-corrected chi connectivity index (χ2v) is 7.41. The Labute approximate surface area is 161 Å². The molecule has 5 nitrogen and oxygen atoms in total. The number of pyridine rings is 1. The van der Waals surface area contributed by atoms with Gasteiger partial charge >= 0.3 is 0 Å². The van der Waals surface area contributed by atoms with Crippen LogP contribution in [-0.4, -0.2) is 23.3 Å². The average Bonchev–Trinajstić information content (AvgIpc) is 2.64. The van der Waals surface area contributed by atoms with Gasteiger partial charge in [0.2, 0.25) is 17.8 Å². The van der Waals surface area contributed by atoms with Crippen LogP contribution < -0.4 is 9.88 Å². The fraction of sp³-hybridized carbons (Fsp3) is 0.409. The number of carbonyl (C=O) groups is 2. The normalized spacial score (nSPS) is 19.0. The number of para-hydroxylation sites is 1. The van der Waals surface area contributed by atoms with Crippen LogP contribution in [0.15, 0.2) is 42.6 Å². The fourth-order valence-electron chi connectivity index (χ4n) is 3.83. The molecule has 0 radical (unpaired) electrons. The van der Waals surface area contributed by atoms with Crippen LogP contribution in [0.1, 0.15) is 43.5 Å². The monoisotopic (exact) mass is 366 g/mol. The van der Waals surface area contributed by atoms with Gasteiger partial charge in [0.25, 0.3) is 11.8 Å². The van der Waals surface area contributed by atoms with Gasteiger partial charge in [-0.15, -0.1) is 0 Å². The number of fused-ring (bicyclic) bond motifs is 1. The molecule has 1 aromatic carbocycles. The van der Waals surface area contributed by atoms with Crippen molar-refractivity contribution in [2.75, 3.05) is 11.9 Å². The van der Waals surface area contributed by atoms with Crippen molar-refractivity contribution in [3.63, 3.8) is 0 Å². The summed E-state index contributed by atoms with van der Waals surface area (Å²) in [7, 11) is 0. The number of benzene rings is 1. The summed E-state index contributed by atoms with van der Waals surface area (Å²) in [6.45, 7) is 8.75. The molecule has 1 N–H and O–H groups in total.